The summed E-state index contributed by atoms with van der Waals surface area (Å²) < 4.78 is 2.27. The van der Waals surface area contributed by atoms with E-state index in [1.165, 1.54) is 19.3 Å². The fraction of sp³-hybridized carbons (Fsp3) is 0.280. The van der Waals surface area contributed by atoms with Crippen LogP contribution in [0.5, 0.6) is 0 Å². The Balaban J connectivity index is 1.54. The Morgan fingerprint density at radius 3 is 2.83 bits per heavy atom. The Morgan fingerprint density at radius 2 is 1.93 bits per heavy atom. The van der Waals surface area contributed by atoms with E-state index in [-0.39, 0.29) is 5.78 Å². The zero-order chi connectivity index (χ0) is 19.8. The first-order valence-corrected chi connectivity index (χ1v) is 10.4. The smallest absolute Gasteiger partial charge is 0.196 e. The Bertz CT molecular complexity index is 1190. The second kappa shape index (κ2) is 7.45. The van der Waals surface area contributed by atoms with E-state index in [2.05, 4.69) is 39.7 Å². The van der Waals surface area contributed by atoms with Crippen molar-refractivity contribution in [3.05, 3.63) is 78.1 Å². The summed E-state index contributed by atoms with van der Waals surface area (Å²) >= 11 is 0. The molecule has 4 nitrogen and oxygen atoms in total. The Morgan fingerprint density at radius 1 is 1.10 bits per heavy atom. The van der Waals surface area contributed by atoms with Crippen molar-refractivity contribution >= 4 is 27.6 Å². The molecule has 4 aromatic rings. The lowest BCUT2D eigenvalue weighted by molar-refractivity contribution is 0.103. The molecule has 2 aromatic carbocycles. The maximum absolute atomic E-state index is 13.4. The van der Waals surface area contributed by atoms with Gasteiger partial charge in [-0.1, -0.05) is 42.8 Å². The Hall–Kier alpha value is -2.98. The summed E-state index contributed by atoms with van der Waals surface area (Å²) in [5, 5.41) is 2.01. The molecule has 1 atom stereocenters. The van der Waals surface area contributed by atoms with Crippen LogP contribution in [-0.4, -0.2) is 39.9 Å². The van der Waals surface area contributed by atoms with Crippen molar-refractivity contribution in [2.24, 2.45) is 0 Å². The fourth-order valence-electron chi connectivity index (χ4n) is 4.53. The fourth-order valence-corrected chi connectivity index (χ4v) is 4.53. The van der Waals surface area contributed by atoms with Crippen LogP contribution in [0.2, 0.25) is 0 Å². The van der Waals surface area contributed by atoms with E-state index >= 15 is 0 Å². The van der Waals surface area contributed by atoms with Gasteiger partial charge in [0, 0.05) is 52.4 Å². The van der Waals surface area contributed by atoms with Crippen molar-refractivity contribution in [3.8, 4) is 0 Å². The van der Waals surface area contributed by atoms with Gasteiger partial charge in [-0.15, -0.1) is 0 Å². The number of likely N-dealkylation sites (N-methyl/N-ethyl adjacent to an activating group) is 1. The maximum Gasteiger partial charge on any atom is 0.196 e. The van der Waals surface area contributed by atoms with Crippen LogP contribution in [0.4, 0.5) is 0 Å². The van der Waals surface area contributed by atoms with Gasteiger partial charge in [-0.2, -0.15) is 0 Å². The summed E-state index contributed by atoms with van der Waals surface area (Å²) in [5.74, 6) is 0.0372. The highest BCUT2D eigenvalue weighted by atomic mass is 16.1. The number of rotatable bonds is 4. The quantitative estimate of drug-likeness (QED) is 0.470. The topological polar surface area (TPSA) is 38.1 Å². The van der Waals surface area contributed by atoms with E-state index in [0.717, 1.165) is 40.5 Å². The molecule has 1 fully saturated rings. The van der Waals surface area contributed by atoms with Gasteiger partial charge in [-0.05, 0) is 44.6 Å². The number of carbonyl (C=O) groups excluding carboxylic acids is 1. The summed E-state index contributed by atoms with van der Waals surface area (Å²) in [6.45, 7) is 2.07. The summed E-state index contributed by atoms with van der Waals surface area (Å²) in [4.78, 5) is 20.3. The minimum absolute atomic E-state index is 0.0372. The summed E-state index contributed by atoms with van der Waals surface area (Å²) in [5.41, 5.74) is 3.44. The summed E-state index contributed by atoms with van der Waals surface area (Å²) in [6, 6.07) is 18.6. The molecule has 0 spiro atoms. The summed E-state index contributed by atoms with van der Waals surface area (Å²) in [6.07, 6.45) is 7.51. The number of carbonyl (C=O) groups is 1. The van der Waals surface area contributed by atoms with E-state index in [0.29, 0.717) is 11.6 Å². The molecule has 4 heteroatoms. The first-order chi connectivity index (χ1) is 14.2. The Labute approximate surface area is 170 Å². The van der Waals surface area contributed by atoms with Crippen LogP contribution in [0.15, 0.2) is 67.0 Å². The van der Waals surface area contributed by atoms with Crippen molar-refractivity contribution in [3.63, 3.8) is 0 Å². The summed E-state index contributed by atoms with van der Waals surface area (Å²) in [7, 11) is 2.21. The van der Waals surface area contributed by atoms with Crippen molar-refractivity contribution < 1.29 is 4.79 Å². The molecule has 0 aliphatic carbocycles. The lowest BCUT2D eigenvalue weighted by atomic mass is 10.0. The number of para-hydroxylation sites is 2. The van der Waals surface area contributed by atoms with Gasteiger partial charge in [0.15, 0.2) is 5.78 Å². The van der Waals surface area contributed by atoms with Gasteiger partial charge in [-0.25, -0.2) is 0 Å². The third-order valence-corrected chi connectivity index (χ3v) is 6.21. The zero-order valence-corrected chi connectivity index (χ0v) is 16.7. The number of piperidine rings is 1. The second-order valence-electron chi connectivity index (χ2n) is 8.09. The molecule has 0 saturated carbocycles. The van der Waals surface area contributed by atoms with Gasteiger partial charge in [0.05, 0.1) is 5.52 Å². The van der Waals surface area contributed by atoms with Crippen LogP contribution >= 0.6 is 0 Å². The lowest BCUT2D eigenvalue weighted by Crippen LogP contribution is -2.39. The highest BCUT2D eigenvalue weighted by Gasteiger charge is 2.22. The van der Waals surface area contributed by atoms with E-state index in [9.17, 15) is 4.79 Å². The number of hydrogen-bond acceptors (Lipinski definition) is 3. The Kier molecular flexibility index (Phi) is 4.64. The SMILES string of the molecule is CN1CCCCC1Cn1cc(C(=O)c2cnc3ccccc3c2)c2ccccc21. The van der Waals surface area contributed by atoms with Gasteiger partial charge in [0.25, 0.3) is 0 Å². The first-order valence-electron chi connectivity index (χ1n) is 10.4. The number of ketones is 1. The van der Waals surface area contributed by atoms with E-state index in [1.54, 1.807) is 6.20 Å². The third kappa shape index (κ3) is 3.34. The normalized spacial score (nSPS) is 17.8. The molecule has 146 valence electrons. The van der Waals surface area contributed by atoms with Gasteiger partial charge < -0.3 is 9.47 Å². The van der Waals surface area contributed by atoms with Gasteiger partial charge in [0.1, 0.15) is 0 Å². The number of nitrogens with zero attached hydrogens (tertiary/aromatic N) is 3. The number of benzene rings is 2. The molecule has 0 bridgehead atoms. The third-order valence-electron chi connectivity index (χ3n) is 6.21. The van der Waals surface area contributed by atoms with Crippen LogP contribution in [0.3, 0.4) is 0 Å². The van der Waals surface area contributed by atoms with E-state index in [4.69, 9.17) is 0 Å². The monoisotopic (exact) mass is 383 g/mol. The molecular formula is C25H25N3O. The number of fused-ring (bicyclic) bond motifs is 2. The average molecular weight is 383 g/mol. The van der Waals surface area contributed by atoms with Crippen LogP contribution in [-0.2, 0) is 6.54 Å². The predicted molar refractivity (Wildman–Crippen MR) is 117 cm³/mol. The molecule has 1 saturated heterocycles. The van der Waals surface area contributed by atoms with Crippen molar-refractivity contribution in [2.45, 2.75) is 31.8 Å². The van der Waals surface area contributed by atoms with Crippen molar-refractivity contribution in [1.29, 1.82) is 0 Å². The van der Waals surface area contributed by atoms with Crippen LogP contribution in [0.1, 0.15) is 35.2 Å². The van der Waals surface area contributed by atoms with Crippen molar-refractivity contribution in [2.75, 3.05) is 13.6 Å². The largest absolute Gasteiger partial charge is 0.345 e. The highest BCUT2D eigenvalue weighted by Crippen LogP contribution is 2.27. The van der Waals surface area contributed by atoms with E-state index < -0.39 is 0 Å². The van der Waals surface area contributed by atoms with Crippen LogP contribution in [0, 0.1) is 0 Å². The first kappa shape index (κ1) is 18.1. The molecule has 0 N–H and O–H groups in total. The van der Waals surface area contributed by atoms with Gasteiger partial charge >= 0.3 is 0 Å². The van der Waals surface area contributed by atoms with Crippen LogP contribution < -0.4 is 0 Å². The van der Waals surface area contributed by atoms with Crippen LogP contribution in [0.25, 0.3) is 21.8 Å². The number of hydrogen-bond donors (Lipinski definition) is 0. The molecule has 1 aliphatic heterocycles. The highest BCUT2D eigenvalue weighted by molar-refractivity contribution is 6.17. The predicted octanol–water partition coefficient (Wildman–Crippen LogP) is 4.90. The average Bonchev–Trinajstić information content (AvgIpc) is 3.13. The number of aromatic nitrogens is 2. The van der Waals surface area contributed by atoms with E-state index in [1.807, 2.05) is 42.6 Å². The number of pyridine rings is 1. The molecule has 1 aliphatic rings. The standard InChI is InChI=1S/C25H25N3O/c1-27-13-7-6-9-20(27)16-28-17-22(21-10-3-5-12-24(21)28)25(29)19-14-18-8-2-4-11-23(18)26-15-19/h2-5,8,10-12,14-15,17,20H,6-7,9,13,16H2,1H3. The molecule has 5 rings (SSSR count). The molecule has 2 aromatic heterocycles. The molecular weight excluding hydrogens is 358 g/mol. The molecule has 29 heavy (non-hydrogen) atoms. The zero-order valence-electron chi connectivity index (χ0n) is 16.7. The van der Waals surface area contributed by atoms with Gasteiger partial charge in [0.2, 0.25) is 0 Å². The molecule has 1 unspecified atom stereocenters. The van der Waals surface area contributed by atoms with Gasteiger partial charge in [-0.3, -0.25) is 9.78 Å². The number of likely N-dealkylation sites (tertiary alicyclic amines) is 1. The second-order valence-corrected chi connectivity index (χ2v) is 8.09. The molecule has 0 amide bonds. The maximum atomic E-state index is 13.4. The minimum atomic E-state index is 0.0372. The van der Waals surface area contributed by atoms with Crippen molar-refractivity contribution in [1.82, 2.24) is 14.5 Å². The molecule has 0 radical (unpaired) electrons. The molecule has 3 heterocycles. The lowest BCUT2D eigenvalue weighted by Gasteiger charge is -2.32. The minimum Gasteiger partial charge on any atom is -0.345 e.